The molecule has 0 unspecified atom stereocenters. The van der Waals surface area contributed by atoms with E-state index < -0.39 is 0 Å². The maximum Gasteiger partial charge on any atom is 0.275 e. The topological polar surface area (TPSA) is 58.1 Å². The van der Waals surface area contributed by atoms with E-state index in [1.54, 1.807) is 6.20 Å². The Kier molecular flexibility index (Phi) is 5.49. The lowest BCUT2D eigenvalue weighted by Crippen LogP contribution is -2.23. The highest BCUT2D eigenvalue weighted by Crippen LogP contribution is 2.20. The number of aromatic nitrogens is 2. The van der Waals surface area contributed by atoms with Gasteiger partial charge in [-0.2, -0.15) is 0 Å². The quantitative estimate of drug-likeness (QED) is 0.881. The lowest BCUT2D eigenvalue weighted by molar-refractivity contribution is 0.102. The standard InChI is InChI=1S/C16H19BrN4O/c1-4-21(5-2)15-10-18-14(9-19-15)16(22)20-13-7-6-12(17)8-11(13)3/h6-10H,4-5H2,1-3H3,(H,20,22). The van der Waals surface area contributed by atoms with Crippen molar-refractivity contribution in [2.24, 2.45) is 0 Å². The maximum atomic E-state index is 12.2. The van der Waals surface area contributed by atoms with Crippen LogP contribution in [0.25, 0.3) is 0 Å². The number of nitrogens with zero attached hydrogens (tertiary/aromatic N) is 3. The minimum absolute atomic E-state index is 0.260. The summed E-state index contributed by atoms with van der Waals surface area (Å²) in [6.07, 6.45) is 3.15. The Balaban J connectivity index is 2.13. The molecule has 0 fully saturated rings. The first-order valence-corrected chi connectivity index (χ1v) is 7.99. The summed E-state index contributed by atoms with van der Waals surface area (Å²) in [4.78, 5) is 22.8. The summed E-state index contributed by atoms with van der Waals surface area (Å²) in [6.45, 7) is 7.77. The van der Waals surface area contributed by atoms with Crippen molar-refractivity contribution in [3.05, 3.63) is 46.3 Å². The van der Waals surface area contributed by atoms with Crippen LogP contribution < -0.4 is 10.2 Å². The average molecular weight is 363 g/mol. The summed E-state index contributed by atoms with van der Waals surface area (Å²) in [5.41, 5.74) is 2.05. The summed E-state index contributed by atoms with van der Waals surface area (Å²) in [5.74, 6) is 0.519. The van der Waals surface area contributed by atoms with Crippen LogP contribution in [-0.2, 0) is 0 Å². The second-order valence-electron chi connectivity index (χ2n) is 4.85. The first-order valence-electron chi connectivity index (χ1n) is 7.19. The van der Waals surface area contributed by atoms with Crippen LogP contribution >= 0.6 is 15.9 Å². The number of anilines is 2. The largest absolute Gasteiger partial charge is 0.356 e. The number of carbonyl (C=O) groups is 1. The Labute approximate surface area is 138 Å². The first kappa shape index (κ1) is 16.4. The molecule has 0 saturated heterocycles. The molecule has 1 N–H and O–H groups in total. The van der Waals surface area contributed by atoms with Gasteiger partial charge in [0.1, 0.15) is 11.5 Å². The number of hydrogen-bond acceptors (Lipinski definition) is 4. The molecule has 0 radical (unpaired) electrons. The third kappa shape index (κ3) is 3.82. The number of rotatable bonds is 5. The van der Waals surface area contributed by atoms with Gasteiger partial charge in [0.15, 0.2) is 0 Å². The molecule has 1 aromatic heterocycles. The third-order valence-corrected chi connectivity index (χ3v) is 3.89. The normalized spacial score (nSPS) is 10.4. The molecule has 0 aliphatic carbocycles. The second-order valence-corrected chi connectivity index (χ2v) is 5.76. The molecule has 1 aromatic carbocycles. The van der Waals surface area contributed by atoms with Crippen LogP contribution in [0.5, 0.6) is 0 Å². The molecule has 0 aliphatic rings. The molecule has 6 heteroatoms. The van der Waals surface area contributed by atoms with E-state index in [-0.39, 0.29) is 5.91 Å². The van der Waals surface area contributed by atoms with Crippen molar-refractivity contribution in [1.82, 2.24) is 9.97 Å². The Morgan fingerprint density at radius 3 is 2.50 bits per heavy atom. The van der Waals surface area contributed by atoms with E-state index in [0.717, 1.165) is 34.6 Å². The van der Waals surface area contributed by atoms with E-state index in [2.05, 4.69) is 50.0 Å². The molecule has 0 aliphatic heterocycles. The van der Waals surface area contributed by atoms with Crippen molar-refractivity contribution in [2.75, 3.05) is 23.3 Å². The van der Waals surface area contributed by atoms with Gasteiger partial charge in [0, 0.05) is 23.2 Å². The molecule has 0 atom stereocenters. The number of halogens is 1. The number of nitrogens with one attached hydrogen (secondary N) is 1. The van der Waals surface area contributed by atoms with E-state index in [0.29, 0.717) is 5.69 Å². The van der Waals surface area contributed by atoms with E-state index in [9.17, 15) is 4.79 Å². The van der Waals surface area contributed by atoms with Crippen molar-refractivity contribution < 1.29 is 4.79 Å². The van der Waals surface area contributed by atoms with Crippen molar-refractivity contribution in [2.45, 2.75) is 20.8 Å². The fraction of sp³-hybridized carbons (Fsp3) is 0.312. The van der Waals surface area contributed by atoms with Gasteiger partial charge in [0.2, 0.25) is 0 Å². The van der Waals surface area contributed by atoms with Crippen molar-refractivity contribution in [3.8, 4) is 0 Å². The van der Waals surface area contributed by atoms with Crippen molar-refractivity contribution >= 4 is 33.3 Å². The highest BCUT2D eigenvalue weighted by Gasteiger charge is 2.11. The summed E-state index contributed by atoms with van der Waals surface area (Å²) in [6, 6.07) is 5.69. The molecule has 1 amide bonds. The molecule has 0 bridgehead atoms. The predicted molar refractivity (Wildman–Crippen MR) is 92.4 cm³/mol. The monoisotopic (exact) mass is 362 g/mol. The Bertz CT molecular complexity index is 654. The third-order valence-electron chi connectivity index (χ3n) is 3.39. The maximum absolute atomic E-state index is 12.2. The minimum Gasteiger partial charge on any atom is -0.356 e. The molecule has 0 spiro atoms. The SMILES string of the molecule is CCN(CC)c1cnc(C(=O)Nc2ccc(Br)cc2C)cn1. The second kappa shape index (κ2) is 7.35. The number of hydrogen-bond donors (Lipinski definition) is 1. The summed E-state index contributed by atoms with van der Waals surface area (Å²) >= 11 is 3.40. The van der Waals surface area contributed by atoms with Crippen LogP contribution in [0.4, 0.5) is 11.5 Å². The molecule has 116 valence electrons. The summed E-state index contributed by atoms with van der Waals surface area (Å²) < 4.78 is 0.978. The molecule has 2 aromatic rings. The van der Waals surface area contributed by atoms with Gasteiger partial charge in [-0.05, 0) is 44.5 Å². The van der Waals surface area contributed by atoms with Gasteiger partial charge in [0.25, 0.3) is 5.91 Å². The van der Waals surface area contributed by atoms with Crippen LogP contribution in [0.2, 0.25) is 0 Å². The number of aryl methyl sites for hydroxylation is 1. The summed E-state index contributed by atoms with van der Waals surface area (Å²) in [5, 5.41) is 2.85. The zero-order valence-corrected chi connectivity index (χ0v) is 14.5. The molecule has 2 rings (SSSR count). The Morgan fingerprint density at radius 2 is 1.95 bits per heavy atom. The minimum atomic E-state index is -0.260. The fourth-order valence-corrected chi connectivity index (χ4v) is 2.58. The lowest BCUT2D eigenvalue weighted by atomic mass is 10.2. The van der Waals surface area contributed by atoms with Gasteiger partial charge >= 0.3 is 0 Å². The highest BCUT2D eigenvalue weighted by molar-refractivity contribution is 9.10. The molecule has 5 nitrogen and oxygen atoms in total. The smallest absolute Gasteiger partial charge is 0.275 e. The lowest BCUT2D eigenvalue weighted by Gasteiger charge is -2.19. The molecule has 22 heavy (non-hydrogen) atoms. The van der Waals surface area contributed by atoms with E-state index >= 15 is 0 Å². The van der Waals surface area contributed by atoms with Crippen molar-refractivity contribution in [1.29, 1.82) is 0 Å². The van der Waals surface area contributed by atoms with Crippen LogP contribution in [0.15, 0.2) is 35.1 Å². The van der Waals surface area contributed by atoms with E-state index in [1.807, 2.05) is 25.1 Å². The molecular weight excluding hydrogens is 344 g/mol. The number of carbonyl (C=O) groups excluding carboxylic acids is 1. The highest BCUT2D eigenvalue weighted by atomic mass is 79.9. The average Bonchev–Trinajstić information content (AvgIpc) is 2.52. The van der Waals surface area contributed by atoms with Gasteiger partial charge in [-0.15, -0.1) is 0 Å². The van der Waals surface area contributed by atoms with Crippen LogP contribution in [0.1, 0.15) is 29.9 Å². The van der Waals surface area contributed by atoms with Crippen LogP contribution in [0, 0.1) is 6.92 Å². The Morgan fingerprint density at radius 1 is 1.23 bits per heavy atom. The number of amides is 1. The van der Waals surface area contributed by atoms with Crippen molar-refractivity contribution in [3.63, 3.8) is 0 Å². The summed E-state index contributed by atoms with van der Waals surface area (Å²) in [7, 11) is 0. The van der Waals surface area contributed by atoms with Crippen LogP contribution in [-0.4, -0.2) is 29.0 Å². The zero-order chi connectivity index (χ0) is 16.1. The van der Waals surface area contributed by atoms with Gasteiger partial charge in [-0.3, -0.25) is 4.79 Å². The molecule has 1 heterocycles. The van der Waals surface area contributed by atoms with Gasteiger partial charge in [-0.25, -0.2) is 9.97 Å². The van der Waals surface area contributed by atoms with Gasteiger partial charge in [0.05, 0.1) is 12.4 Å². The number of benzene rings is 1. The Hall–Kier alpha value is -1.95. The first-order chi connectivity index (χ1) is 10.5. The molecular formula is C16H19BrN4O. The fourth-order valence-electron chi connectivity index (χ4n) is 2.10. The van der Waals surface area contributed by atoms with Gasteiger partial charge < -0.3 is 10.2 Å². The zero-order valence-electron chi connectivity index (χ0n) is 12.9. The van der Waals surface area contributed by atoms with E-state index in [1.165, 1.54) is 6.20 Å². The van der Waals surface area contributed by atoms with Crippen LogP contribution in [0.3, 0.4) is 0 Å². The molecule has 0 saturated carbocycles. The van der Waals surface area contributed by atoms with E-state index in [4.69, 9.17) is 0 Å². The predicted octanol–water partition coefficient (Wildman–Crippen LogP) is 3.65. The van der Waals surface area contributed by atoms with Gasteiger partial charge in [-0.1, -0.05) is 15.9 Å².